The molecule has 0 bridgehead atoms. The zero-order valence-electron chi connectivity index (χ0n) is 12.6. The molecule has 4 nitrogen and oxygen atoms in total. The largest absolute Gasteiger partial charge is 0.342 e. The van der Waals surface area contributed by atoms with Crippen molar-refractivity contribution in [1.29, 1.82) is 0 Å². The number of rotatable bonds is 4. The first-order chi connectivity index (χ1) is 9.90. The number of halogens is 1. The van der Waals surface area contributed by atoms with Crippen LogP contribution < -0.4 is 5.32 Å². The lowest BCUT2D eigenvalue weighted by molar-refractivity contribution is -0.149. The van der Waals surface area contributed by atoms with Gasteiger partial charge in [-0.2, -0.15) is 0 Å². The fourth-order valence-corrected chi connectivity index (χ4v) is 2.63. The van der Waals surface area contributed by atoms with Gasteiger partial charge in [0, 0.05) is 11.6 Å². The van der Waals surface area contributed by atoms with Crippen LogP contribution in [0.25, 0.3) is 0 Å². The highest BCUT2D eigenvalue weighted by Gasteiger charge is 2.38. The average molecular weight is 309 g/mol. The molecule has 114 valence electrons. The fourth-order valence-electron chi connectivity index (χ4n) is 2.50. The fraction of sp³-hybridized carbons (Fsp3) is 0.500. The van der Waals surface area contributed by atoms with E-state index in [0.29, 0.717) is 18.0 Å². The van der Waals surface area contributed by atoms with Crippen LogP contribution in [-0.2, 0) is 16.0 Å². The van der Waals surface area contributed by atoms with Crippen molar-refractivity contribution < 1.29 is 9.59 Å². The predicted molar refractivity (Wildman–Crippen MR) is 83.1 cm³/mol. The second-order valence-electron chi connectivity index (χ2n) is 5.81. The van der Waals surface area contributed by atoms with E-state index in [1.54, 1.807) is 11.8 Å². The van der Waals surface area contributed by atoms with Gasteiger partial charge in [-0.15, -0.1) is 0 Å². The van der Waals surface area contributed by atoms with Gasteiger partial charge in [-0.3, -0.25) is 9.59 Å². The maximum atomic E-state index is 12.5. The minimum Gasteiger partial charge on any atom is -0.342 e. The summed E-state index contributed by atoms with van der Waals surface area (Å²) in [6.07, 6.45) is 0.714. The second-order valence-corrected chi connectivity index (χ2v) is 6.25. The van der Waals surface area contributed by atoms with Crippen molar-refractivity contribution in [3.8, 4) is 0 Å². The highest BCUT2D eigenvalue weighted by molar-refractivity contribution is 6.30. The molecule has 1 aromatic carbocycles. The standard InChI is InChI=1S/C16H21ClN2O2/c1-10(2)14-16(21)19(11(3)15(20)18-14)9-8-12-4-6-13(17)7-5-12/h4-7,10-11,14H,8-9H2,1-3H3,(H,18,20). The highest BCUT2D eigenvalue weighted by atomic mass is 35.5. The smallest absolute Gasteiger partial charge is 0.246 e. The van der Waals surface area contributed by atoms with E-state index in [0.717, 1.165) is 5.56 Å². The molecule has 0 radical (unpaired) electrons. The van der Waals surface area contributed by atoms with Crippen LogP contribution >= 0.6 is 11.6 Å². The van der Waals surface area contributed by atoms with E-state index >= 15 is 0 Å². The van der Waals surface area contributed by atoms with Gasteiger partial charge in [0.2, 0.25) is 11.8 Å². The van der Waals surface area contributed by atoms with Crippen LogP contribution in [0.4, 0.5) is 0 Å². The Hall–Kier alpha value is -1.55. The van der Waals surface area contributed by atoms with Crippen LogP contribution in [0, 0.1) is 5.92 Å². The molecule has 2 amide bonds. The van der Waals surface area contributed by atoms with E-state index in [-0.39, 0.29) is 17.7 Å². The zero-order valence-corrected chi connectivity index (χ0v) is 13.4. The first-order valence-corrected chi connectivity index (χ1v) is 7.63. The summed E-state index contributed by atoms with van der Waals surface area (Å²) in [5.41, 5.74) is 1.10. The molecule has 2 unspecified atom stereocenters. The van der Waals surface area contributed by atoms with Crippen LogP contribution in [0.5, 0.6) is 0 Å². The van der Waals surface area contributed by atoms with Gasteiger partial charge >= 0.3 is 0 Å². The predicted octanol–water partition coefficient (Wildman–Crippen LogP) is 2.25. The molecule has 2 atom stereocenters. The van der Waals surface area contributed by atoms with Crippen molar-refractivity contribution in [3.05, 3.63) is 34.9 Å². The van der Waals surface area contributed by atoms with Crippen LogP contribution in [-0.4, -0.2) is 35.3 Å². The number of hydrogen-bond donors (Lipinski definition) is 1. The summed E-state index contributed by atoms with van der Waals surface area (Å²) in [6, 6.07) is 6.73. The monoisotopic (exact) mass is 308 g/mol. The molecule has 1 heterocycles. The number of piperazine rings is 1. The summed E-state index contributed by atoms with van der Waals surface area (Å²) in [6.45, 7) is 6.19. The molecular formula is C16H21ClN2O2. The minimum atomic E-state index is -0.418. The van der Waals surface area contributed by atoms with Crippen molar-refractivity contribution in [1.82, 2.24) is 10.2 Å². The van der Waals surface area contributed by atoms with Crippen molar-refractivity contribution >= 4 is 23.4 Å². The molecule has 0 aliphatic carbocycles. The zero-order chi connectivity index (χ0) is 15.6. The summed E-state index contributed by atoms with van der Waals surface area (Å²) in [5, 5.41) is 3.50. The van der Waals surface area contributed by atoms with E-state index in [4.69, 9.17) is 11.6 Å². The number of carbonyl (C=O) groups is 2. The lowest BCUT2D eigenvalue weighted by atomic mass is 9.98. The van der Waals surface area contributed by atoms with Gasteiger partial charge in [-0.1, -0.05) is 37.6 Å². The Bertz CT molecular complexity index is 528. The van der Waals surface area contributed by atoms with E-state index in [9.17, 15) is 9.59 Å². The minimum absolute atomic E-state index is 0.00561. The van der Waals surface area contributed by atoms with E-state index in [2.05, 4.69) is 5.32 Å². The van der Waals surface area contributed by atoms with Crippen LogP contribution in [0.2, 0.25) is 5.02 Å². The normalized spacial score (nSPS) is 22.6. The van der Waals surface area contributed by atoms with Gasteiger partial charge in [0.05, 0.1) is 0 Å². The molecule has 1 saturated heterocycles. The van der Waals surface area contributed by atoms with Gasteiger partial charge in [-0.25, -0.2) is 0 Å². The maximum absolute atomic E-state index is 12.5. The van der Waals surface area contributed by atoms with Crippen molar-refractivity contribution in [2.75, 3.05) is 6.54 Å². The van der Waals surface area contributed by atoms with Gasteiger partial charge < -0.3 is 10.2 Å². The molecule has 5 heteroatoms. The Labute approximate surface area is 130 Å². The molecular weight excluding hydrogens is 288 g/mol. The molecule has 0 aromatic heterocycles. The Balaban J connectivity index is 2.07. The summed E-state index contributed by atoms with van der Waals surface area (Å²) < 4.78 is 0. The van der Waals surface area contributed by atoms with E-state index < -0.39 is 12.1 Å². The molecule has 1 N–H and O–H groups in total. The van der Waals surface area contributed by atoms with Gasteiger partial charge in [0.25, 0.3) is 0 Å². The molecule has 0 spiro atoms. The first kappa shape index (κ1) is 15.8. The molecule has 2 rings (SSSR count). The molecule has 1 aliphatic rings. The number of carbonyl (C=O) groups excluding carboxylic acids is 2. The SMILES string of the molecule is CC(C)C1NC(=O)C(C)N(CCc2ccc(Cl)cc2)C1=O. The molecule has 21 heavy (non-hydrogen) atoms. The van der Waals surface area contributed by atoms with Crippen LogP contribution in [0.3, 0.4) is 0 Å². The number of amides is 2. The van der Waals surface area contributed by atoms with Gasteiger partial charge in [0.1, 0.15) is 12.1 Å². The maximum Gasteiger partial charge on any atom is 0.246 e. The third-order valence-corrected chi connectivity index (χ3v) is 4.17. The molecule has 1 aliphatic heterocycles. The van der Waals surface area contributed by atoms with Crippen LogP contribution in [0.15, 0.2) is 24.3 Å². The summed E-state index contributed by atoms with van der Waals surface area (Å²) >= 11 is 5.86. The van der Waals surface area contributed by atoms with Crippen molar-refractivity contribution in [2.24, 2.45) is 5.92 Å². The lowest BCUT2D eigenvalue weighted by Gasteiger charge is -2.38. The topological polar surface area (TPSA) is 49.4 Å². The Kier molecular flexibility index (Phi) is 4.88. The molecule has 1 aromatic rings. The van der Waals surface area contributed by atoms with Crippen LogP contribution in [0.1, 0.15) is 26.3 Å². The Morgan fingerprint density at radius 2 is 1.86 bits per heavy atom. The van der Waals surface area contributed by atoms with E-state index in [1.807, 2.05) is 38.1 Å². The summed E-state index contributed by atoms with van der Waals surface area (Å²) in [5.74, 6) is 0.0162. The number of nitrogens with one attached hydrogen (secondary N) is 1. The number of hydrogen-bond acceptors (Lipinski definition) is 2. The summed E-state index contributed by atoms with van der Waals surface area (Å²) in [4.78, 5) is 26.2. The third kappa shape index (κ3) is 3.56. The quantitative estimate of drug-likeness (QED) is 0.927. The highest BCUT2D eigenvalue weighted by Crippen LogP contribution is 2.17. The average Bonchev–Trinajstić information content (AvgIpc) is 2.44. The van der Waals surface area contributed by atoms with Gasteiger partial charge in [0.15, 0.2) is 0 Å². The van der Waals surface area contributed by atoms with Crippen molar-refractivity contribution in [3.63, 3.8) is 0 Å². The molecule has 1 fully saturated rings. The first-order valence-electron chi connectivity index (χ1n) is 7.25. The second kappa shape index (κ2) is 6.48. The molecule has 0 saturated carbocycles. The third-order valence-electron chi connectivity index (χ3n) is 3.92. The lowest BCUT2D eigenvalue weighted by Crippen LogP contribution is -2.64. The van der Waals surface area contributed by atoms with Gasteiger partial charge in [-0.05, 0) is 37.0 Å². The number of benzene rings is 1. The Morgan fingerprint density at radius 3 is 2.43 bits per heavy atom. The van der Waals surface area contributed by atoms with Crippen molar-refractivity contribution in [2.45, 2.75) is 39.3 Å². The van der Waals surface area contributed by atoms with E-state index in [1.165, 1.54) is 0 Å². The Morgan fingerprint density at radius 1 is 1.24 bits per heavy atom. The number of nitrogens with zero attached hydrogens (tertiary/aromatic N) is 1. The summed E-state index contributed by atoms with van der Waals surface area (Å²) in [7, 11) is 0.